The highest BCUT2D eigenvalue weighted by Crippen LogP contribution is 2.66. The molecule has 2 amide bonds. The first kappa shape index (κ1) is 22.1. The van der Waals surface area contributed by atoms with Gasteiger partial charge in [0.25, 0.3) is 0 Å². The number of methoxy groups -OCH3 is 2. The molecule has 0 aromatic heterocycles. The highest BCUT2D eigenvalue weighted by Gasteiger charge is 2.62. The van der Waals surface area contributed by atoms with Gasteiger partial charge >= 0.3 is 0 Å². The van der Waals surface area contributed by atoms with Crippen molar-refractivity contribution in [3.8, 4) is 0 Å². The molecule has 7 atom stereocenters. The molecule has 4 fully saturated rings. The molecule has 1 heterocycles. The van der Waals surface area contributed by atoms with Crippen LogP contribution in [0, 0.1) is 34.5 Å². The summed E-state index contributed by atoms with van der Waals surface area (Å²) < 4.78 is 10.5. The van der Waals surface area contributed by atoms with Crippen molar-refractivity contribution in [1.82, 2.24) is 10.2 Å². The fourth-order valence-corrected chi connectivity index (χ4v) is 8.15. The lowest BCUT2D eigenvalue weighted by Gasteiger charge is -2.61. The lowest BCUT2D eigenvalue weighted by atomic mass is 9.47. The Bertz CT molecular complexity index is 680. The molecule has 6 nitrogen and oxygen atoms in total. The van der Waals surface area contributed by atoms with Crippen LogP contribution in [0.25, 0.3) is 0 Å². The summed E-state index contributed by atoms with van der Waals surface area (Å²) in [6.45, 7) is 5.23. The molecule has 4 rings (SSSR count). The number of ether oxygens (including phenoxy) is 2. The van der Waals surface area contributed by atoms with Gasteiger partial charge in [0, 0.05) is 39.6 Å². The largest absolute Gasteiger partial charge is 0.354 e. The predicted molar refractivity (Wildman–Crippen MR) is 114 cm³/mol. The number of rotatable bonds is 5. The highest BCUT2D eigenvalue weighted by atomic mass is 16.7. The van der Waals surface area contributed by atoms with Gasteiger partial charge in [-0.05, 0) is 73.5 Å². The molecule has 1 aliphatic heterocycles. The number of fused-ring (bicyclic) bond motifs is 5. The standard InChI is InChI=1S/C24H40N2O4/c1-23-12-10-17-15(6-9-19-24(17,2)13-11-20(27)26(19)3)16(23)7-8-18(23)22(28)25-14-21(29-4)30-5/h15-19,21H,6-14H2,1-5H3,(H,25,28)/t15-,16-,17-,18+,19?,23-,24+/m0/s1. The van der Waals surface area contributed by atoms with Crippen molar-refractivity contribution in [3.05, 3.63) is 0 Å². The van der Waals surface area contributed by atoms with E-state index in [0.717, 1.165) is 32.1 Å². The Balaban J connectivity index is 1.49. The lowest BCUT2D eigenvalue weighted by molar-refractivity contribution is -0.160. The first-order chi connectivity index (χ1) is 14.3. The number of hydrogen-bond donors (Lipinski definition) is 1. The monoisotopic (exact) mass is 420 g/mol. The molecule has 0 spiro atoms. The zero-order valence-electron chi connectivity index (χ0n) is 19.4. The third-order valence-electron chi connectivity index (χ3n) is 9.84. The van der Waals surface area contributed by atoms with Gasteiger partial charge in [-0.1, -0.05) is 13.8 Å². The highest BCUT2D eigenvalue weighted by molar-refractivity contribution is 5.80. The van der Waals surface area contributed by atoms with Crippen LogP contribution in [0.5, 0.6) is 0 Å². The molecular weight excluding hydrogens is 380 g/mol. The van der Waals surface area contributed by atoms with Crippen molar-refractivity contribution in [2.45, 2.75) is 77.5 Å². The average Bonchev–Trinajstić information content (AvgIpc) is 3.09. The van der Waals surface area contributed by atoms with E-state index in [2.05, 4.69) is 24.1 Å². The Morgan fingerprint density at radius 2 is 1.77 bits per heavy atom. The second-order valence-corrected chi connectivity index (χ2v) is 10.8. The van der Waals surface area contributed by atoms with Gasteiger partial charge in [-0.25, -0.2) is 0 Å². The molecule has 1 saturated heterocycles. The van der Waals surface area contributed by atoms with Crippen LogP contribution in [-0.4, -0.2) is 56.9 Å². The number of likely N-dealkylation sites (tertiary alicyclic amines) is 1. The van der Waals surface area contributed by atoms with Crippen LogP contribution in [0.1, 0.15) is 65.2 Å². The second-order valence-electron chi connectivity index (χ2n) is 10.8. The maximum Gasteiger partial charge on any atom is 0.223 e. The van der Waals surface area contributed by atoms with Crippen molar-refractivity contribution in [2.24, 2.45) is 34.5 Å². The van der Waals surface area contributed by atoms with E-state index in [9.17, 15) is 9.59 Å². The molecular formula is C24H40N2O4. The Hall–Kier alpha value is -1.14. The zero-order chi connectivity index (χ0) is 21.7. The normalized spacial score (nSPS) is 43.2. The maximum absolute atomic E-state index is 13.1. The van der Waals surface area contributed by atoms with E-state index in [-0.39, 0.29) is 22.7 Å². The summed E-state index contributed by atoms with van der Waals surface area (Å²) in [5.74, 6) is 2.56. The van der Waals surface area contributed by atoms with Gasteiger partial charge in [0.05, 0.1) is 6.54 Å². The summed E-state index contributed by atoms with van der Waals surface area (Å²) in [4.78, 5) is 27.5. The average molecular weight is 421 g/mol. The molecule has 1 N–H and O–H groups in total. The zero-order valence-corrected chi connectivity index (χ0v) is 19.4. The minimum atomic E-state index is -0.393. The third kappa shape index (κ3) is 3.29. The van der Waals surface area contributed by atoms with E-state index >= 15 is 0 Å². The predicted octanol–water partition coefficient (Wildman–Crippen LogP) is 3.20. The van der Waals surface area contributed by atoms with E-state index in [1.165, 1.54) is 12.8 Å². The van der Waals surface area contributed by atoms with Crippen LogP contribution >= 0.6 is 0 Å². The van der Waals surface area contributed by atoms with E-state index in [4.69, 9.17) is 9.47 Å². The fourth-order valence-electron chi connectivity index (χ4n) is 8.15. The number of piperidine rings is 1. The van der Waals surface area contributed by atoms with Crippen LogP contribution in [0.3, 0.4) is 0 Å². The van der Waals surface area contributed by atoms with E-state index < -0.39 is 6.29 Å². The van der Waals surface area contributed by atoms with Gasteiger partial charge < -0.3 is 19.7 Å². The smallest absolute Gasteiger partial charge is 0.223 e. The van der Waals surface area contributed by atoms with Crippen molar-refractivity contribution < 1.29 is 19.1 Å². The summed E-state index contributed by atoms with van der Waals surface area (Å²) >= 11 is 0. The number of carbonyl (C=O) groups is 2. The van der Waals surface area contributed by atoms with Gasteiger partial charge in [0.15, 0.2) is 6.29 Å². The molecule has 0 aromatic carbocycles. The molecule has 0 aromatic rings. The van der Waals surface area contributed by atoms with Gasteiger partial charge in [0.2, 0.25) is 11.8 Å². The second kappa shape index (κ2) is 8.09. The summed E-state index contributed by atoms with van der Waals surface area (Å²) in [6, 6.07) is 0.393. The quantitative estimate of drug-likeness (QED) is 0.694. The molecule has 30 heavy (non-hydrogen) atoms. The van der Waals surface area contributed by atoms with Crippen molar-refractivity contribution >= 4 is 11.8 Å². The SMILES string of the molecule is COC(CNC(=O)[C@H]1CC[C@H]2[C@@H]3CCC4N(C)C(=O)CC[C@]4(C)[C@H]3CC[C@]12C)OC. The summed E-state index contributed by atoms with van der Waals surface area (Å²) in [7, 11) is 5.21. The number of hydrogen-bond acceptors (Lipinski definition) is 4. The molecule has 6 heteroatoms. The van der Waals surface area contributed by atoms with Crippen molar-refractivity contribution in [3.63, 3.8) is 0 Å². The molecule has 0 bridgehead atoms. The minimum absolute atomic E-state index is 0.0824. The number of amides is 2. The molecule has 3 aliphatic carbocycles. The van der Waals surface area contributed by atoms with Crippen molar-refractivity contribution in [2.75, 3.05) is 27.8 Å². The van der Waals surface area contributed by atoms with Crippen LogP contribution in [0.15, 0.2) is 0 Å². The van der Waals surface area contributed by atoms with E-state index in [1.807, 2.05) is 7.05 Å². The Kier molecular flexibility index (Phi) is 5.95. The fraction of sp³-hybridized carbons (Fsp3) is 0.917. The molecule has 4 aliphatic rings. The van der Waals surface area contributed by atoms with Crippen molar-refractivity contribution in [1.29, 1.82) is 0 Å². The Morgan fingerprint density at radius 1 is 1.07 bits per heavy atom. The Morgan fingerprint density at radius 3 is 2.47 bits per heavy atom. The van der Waals surface area contributed by atoms with Crippen LogP contribution in [-0.2, 0) is 19.1 Å². The molecule has 0 radical (unpaired) electrons. The van der Waals surface area contributed by atoms with E-state index in [1.54, 1.807) is 14.2 Å². The van der Waals surface area contributed by atoms with Gasteiger partial charge in [-0.3, -0.25) is 9.59 Å². The molecule has 3 saturated carbocycles. The number of nitrogens with one attached hydrogen (secondary N) is 1. The first-order valence-corrected chi connectivity index (χ1v) is 11.8. The number of carbonyl (C=O) groups excluding carboxylic acids is 2. The van der Waals surface area contributed by atoms with Gasteiger partial charge in [0.1, 0.15) is 0 Å². The molecule has 1 unspecified atom stereocenters. The molecule has 170 valence electrons. The number of nitrogens with zero attached hydrogens (tertiary/aromatic N) is 1. The summed E-state index contributed by atoms with van der Waals surface area (Å²) in [6.07, 6.45) is 8.10. The van der Waals surface area contributed by atoms with E-state index in [0.29, 0.717) is 42.7 Å². The first-order valence-electron chi connectivity index (χ1n) is 11.8. The topological polar surface area (TPSA) is 67.9 Å². The third-order valence-corrected chi connectivity index (χ3v) is 9.84. The summed E-state index contributed by atoms with van der Waals surface area (Å²) in [5.41, 5.74) is 0.317. The summed E-state index contributed by atoms with van der Waals surface area (Å²) in [5, 5.41) is 3.09. The Labute approximate surface area is 181 Å². The lowest BCUT2D eigenvalue weighted by Crippen LogP contribution is -2.61. The van der Waals surface area contributed by atoms with Gasteiger partial charge in [-0.2, -0.15) is 0 Å². The van der Waals surface area contributed by atoms with Gasteiger partial charge in [-0.15, -0.1) is 0 Å². The van der Waals surface area contributed by atoms with Crippen LogP contribution in [0.4, 0.5) is 0 Å². The minimum Gasteiger partial charge on any atom is -0.354 e. The van der Waals surface area contributed by atoms with Crippen LogP contribution < -0.4 is 5.32 Å². The maximum atomic E-state index is 13.1. The van der Waals surface area contributed by atoms with Crippen LogP contribution in [0.2, 0.25) is 0 Å².